The molecule has 0 rings (SSSR count). The van der Waals surface area contributed by atoms with E-state index in [-0.39, 0.29) is 18.5 Å². The number of carbonyl (C=O) groups excluding carboxylic acids is 2. The maximum Gasteiger partial charge on any atom is 0.305 e. The summed E-state index contributed by atoms with van der Waals surface area (Å²) in [5, 5.41) is 23.4. The summed E-state index contributed by atoms with van der Waals surface area (Å²) in [6.45, 7) is 4.93. The third-order valence-corrected chi connectivity index (χ3v) is 15.0. The van der Waals surface area contributed by atoms with Gasteiger partial charge in [-0.3, -0.25) is 9.59 Å². The number of rotatable bonds is 60. The standard InChI is InChI=1S/C65H125NO5/c1-3-5-7-9-11-13-15-17-19-21-22-23-24-25-26-27-29-30-33-37-41-45-49-53-57-63(68)62(61-67)66-64(69)58-54-50-46-42-38-34-32-36-40-44-48-52-56-60-71-65(70)59-55-51-47-43-39-35-31-28-20-18-16-14-12-10-8-6-4-2/h12,14,18,20,62-63,67-68H,3-11,13,15-17,19,21-61H2,1-2H3,(H,66,69)/b14-12-,20-18-. The van der Waals surface area contributed by atoms with Crippen molar-refractivity contribution in [3.05, 3.63) is 24.3 Å². The van der Waals surface area contributed by atoms with Crippen LogP contribution in [0.15, 0.2) is 24.3 Å². The summed E-state index contributed by atoms with van der Waals surface area (Å²) >= 11 is 0. The lowest BCUT2D eigenvalue weighted by atomic mass is 10.0. The molecule has 6 nitrogen and oxygen atoms in total. The first-order valence-electron chi connectivity index (χ1n) is 32.1. The molecule has 0 aliphatic carbocycles. The summed E-state index contributed by atoms with van der Waals surface area (Å²) in [6.07, 6.45) is 74.7. The highest BCUT2D eigenvalue weighted by atomic mass is 16.5. The van der Waals surface area contributed by atoms with Gasteiger partial charge < -0.3 is 20.3 Å². The highest BCUT2D eigenvalue weighted by Gasteiger charge is 2.20. The average Bonchev–Trinajstić information content (AvgIpc) is 3.37. The first-order chi connectivity index (χ1) is 35.0. The quantitative estimate of drug-likeness (QED) is 0.0320. The fourth-order valence-corrected chi connectivity index (χ4v) is 10.1. The lowest BCUT2D eigenvalue weighted by Gasteiger charge is -2.22. The number of esters is 1. The highest BCUT2D eigenvalue weighted by molar-refractivity contribution is 5.76. The molecule has 3 N–H and O–H groups in total. The van der Waals surface area contributed by atoms with Crippen LogP contribution in [0.4, 0.5) is 0 Å². The minimum absolute atomic E-state index is 0.0120. The number of aliphatic hydroxyl groups excluding tert-OH is 2. The Morgan fingerprint density at radius 1 is 0.394 bits per heavy atom. The second-order valence-corrected chi connectivity index (χ2v) is 22.1. The fourth-order valence-electron chi connectivity index (χ4n) is 10.1. The minimum Gasteiger partial charge on any atom is -0.466 e. The van der Waals surface area contributed by atoms with Crippen LogP contribution >= 0.6 is 0 Å². The van der Waals surface area contributed by atoms with Crippen LogP contribution in [-0.2, 0) is 14.3 Å². The number of aliphatic hydroxyl groups is 2. The minimum atomic E-state index is -0.675. The zero-order valence-corrected chi connectivity index (χ0v) is 48.0. The summed E-state index contributed by atoms with van der Waals surface area (Å²) in [6, 6.07) is -0.553. The van der Waals surface area contributed by atoms with Crippen molar-refractivity contribution in [2.45, 2.75) is 366 Å². The van der Waals surface area contributed by atoms with Crippen LogP contribution in [0.5, 0.6) is 0 Å². The predicted molar refractivity (Wildman–Crippen MR) is 310 cm³/mol. The van der Waals surface area contributed by atoms with E-state index in [1.54, 1.807) is 0 Å². The van der Waals surface area contributed by atoms with Gasteiger partial charge in [-0.15, -0.1) is 0 Å². The van der Waals surface area contributed by atoms with Crippen molar-refractivity contribution >= 4 is 11.9 Å². The summed E-state index contributed by atoms with van der Waals surface area (Å²) in [5.41, 5.74) is 0. The van der Waals surface area contributed by atoms with Crippen LogP contribution in [-0.4, -0.2) is 47.4 Å². The molecule has 0 bridgehead atoms. The smallest absolute Gasteiger partial charge is 0.305 e. The molecule has 0 aliphatic heterocycles. The van der Waals surface area contributed by atoms with E-state index in [0.717, 1.165) is 57.8 Å². The van der Waals surface area contributed by atoms with E-state index in [0.29, 0.717) is 25.9 Å². The predicted octanol–water partition coefficient (Wildman–Crippen LogP) is 20.2. The molecule has 1 amide bonds. The molecule has 71 heavy (non-hydrogen) atoms. The Kier molecular flexibility index (Phi) is 59.5. The van der Waals surface area contributed by atoms with Gasteiger partial charge in [0, 0.05) is 12.8 Å². The Balaban J connectivity index is 3.43. The Morgan fingerprint density at radius 3 is 1.10 bits per heavy atom. The first kappa shape index (κ1) is 69.3. The van der Waals surface area contributed by atoms with Crippen LogP contribution in [0.2, 0.25) is 0 Å². The molecule has 0 spiro atoms. The fraction of sp³-hybridized carbons (Fsp3) is 0.908. The van der Waals surface area contributed by atoms with Gasteiger partial charge in [0.2, 0.25) is 5.91 Å². The largest absolute Gasteiger partial charge is 0.466 e. The molecule has 0 heterocycles. The van der Waals surface area contributed by atoms with Gasteiger partial charge in [0.1, 0.15) is 0 Å². The molecular formula is C65H125NO5. The number of nitrogens with one attached hydrogen (secondary N) is 1. The molecule has 420 valence electrons. The third kappa shape index (κ3) is 57.5. The van der Waals surface area contributed by atoms with Crippen LogP contribution in [0.25, 0.3) is 0 Å². The van der Waals surface area contributed by atoms with E-state index in [1.807, 2.05) is 0 Å². The van der Waals surface area contributed by atoms with Gasteiger partial charge in [0.05, 0.1) is 25.4 Å². The number of unbranched alkanes of at least 4 members (excludes halogenated alkanes) is 45. The van der Waals surface area contributed by atoms with Crippen molar-refractivity contribution in [2.24, 2.45) is 0 Å². The van der Waals surface area contributed by atoms with Gasteiger partial charge in [-0.25, -0.2) is 0 Å². The summed E-state index contributed by atoms with van der Waals surface area (Å²) in [5.74, 6) is -0.0563. The first-order valence-corrected chi connectivity index (χ1v) is 32.1. The molecule has 0 saturated heterocycles. The Hall–Kier alpha value is -1.66. The maximum absolute atomic E-state index is 12.5. The summed E-state index contributed by atoms with van der Waals surface area (Å²) in [4.78, 5) is 24.6. The van der Waals surface area contributed by atoms with Crippen molar-refractivity contribution in [3.8, 4) is 0 Å². The highest BCUT2D eigenvalue weighted by Crippen LogP contribution is 2.18. The van der Waals surface area contributed by atoms with Gasteiger partial charge in [-0.2, -0.15) is 0 Å². The Morgan fingerprint density at radius 2 is 0.704 bits per heavy atom. The molecule has 0 radical (unpaired) electrons. The van der Waals surface area contributed by atoms with Crippen LogP contribution in [0.3, 0.4) is 0 Å². The molecule has 6 heteroatoms. The second kappa shape index (κ2) is 60.9. The van der Waals surface area contributed by atoms with E-state index in [2.05, 4.69) is 43.5 Å². The van der Waals surface area contributed by atoms with Gasteiger partial charge in [0.15, 0.2) is 0 Å². The van der Waals surface area contributed by atoms with Crippen molar-refractivity contribution in [1.82, 2.24) is 5.32 Å². The third-order valence-electron chi connectivity index (χ3n) is 15.0. The molecule has 0 aromatic carbocycles. The lowest BCUT2D eigenvalue weighted by Crippen LogP contribution is -2.45. The van der Waals surface area contributed by atoms with Gasteiger partial charge >= 0.3 is 5.97 Å². The molecule has 0 aromatic heterocycles. The van der Waals surface area contributed by atoms with Crippen molar-refractivity contribution < 1.29 is 24.5 Å². The number of hydrogen-bond acceptors (Lipinski definition) is 5. The van der Waals surface area contributed by atoms with E-state index in [9.17, 15) is 19.8 Å². The van der Waals surface area contributed by atoms with Crippen molar-refractivity contribution in [2.75, 3.05) is 13.2 Å². The normalized spacial score (nSPS) is 12.7. The second-order valence-electron chi connectivity index (χ2n) is 22.1. The lowest BCUT2D eigenvalue weighted by molar-refractivity contribution is -0.143. The van der Waals surface area contributed by atoms with E-state index >= 15 is 0 Å². The number of amides is 1. The molecular weight excluding hydrogens is 875 g/mol. The van der Waals surface area contributed by atoms with Crippen LogP contribution in [0, 0.1) is 0 Å². The van der Waals surface area contributed by atoms with E-state index in [4.69, 9.17) is 4.74 Å². The summed E-state index contributed by atoms with van der Waals surface area (Å²) < 4.78 is 5.48. The number of allylic oxidation sites excluding steroid dienone is 4. The zero-order valence-electron chi connectivity index (χ0n) is 48.0. The topological polar surface area (TPSA) is 95.9 Å². The molecule has 0 aromatic rings. The van der Waals surface area contributed by atoms with Gasteiger partial charge in [-0.1, -0.05) is 308 Å². The Bertz CT molecular complexity index is 1110. The van der Waals surface area contributed by atoms with Gasteiger partial charge in [-0.05, 0) is 57.8 Å². The number of carbonyl (C=O) groups is 2. The monoisotopic (exact) mass is 1000 g/mol. The maximum atomic E-state index is 12.5. The SMILES string of the molecule is CCCCC/C=C\C/C=C\CCCCCCCCCC(=O)OCCCCCCCCCCCCCCCC(=O)NC(CO)C(O)CCCCCCCCCCCCCCCCCCCCCCCCCC. The average molecular weight is 1000 g/mol. The molecule has 0 saturated carbocycles. The van der Waals surface area contributed by atoms with Gasteiger partial charge in [0.25, 0.3) is 0 Å². The molecule has 0 aliphatic rings. The van der Waals surface area contributed by atoms with Crippen LogP contribution in [0.1, 0.15) is 354 Å². The summed E-state index contributed by atoms with van der Waals surface area (Å²) in [7, 11) is 0. The molecule has 2 atom stereocenters. The van der Waals surface area contributed by atoms with Crippen molar-refractivity contribution in [3.63, 3.8) is 0 Å². The molecule has 2 unspecified atom stereocenters. The van der Waals surface area contributed by atoms with Crippen LogP contribution < -0.4 is 5.32 Å². The number of ether oxygens (including phenoxy) is 1. The number of hydrogen-bond donors (Lipinski definition) is 3. The van der Waals surface area contributed by atoms with E-state index < -0.39 is 12.1 Å². The molecule has 0 fully saturated rings. The van der Waals surface area contributed by atoms with E-state index in [1.165, 1.54) is 263 Å². The zero-order chi connectivity index (χ0) is 51.4. The van der Waals surface area contributed by atoms with Crippen molar-refractivity contribution in [1.29, 1.82) is 0 Å². The Labute approximate surface area is 443 Å².